The minimum atomic E-state index is -0.335. The highest BCUT2D eigenvalue weighted by molar-refractivity contribution is 5.92. The van der Waals surface area contributed by atoms with Gasteiger partial charge in [-0.3, -0.25) is 0 Å². The topological polar surface area (TPSA) is 35.5 Å². The van der Waals surface area contributed by atoms with E-state index in [2.05, 4.69) is 0 Å². The SMILES string of the molecule is COc1ccc2c(c1)C(C=O)c1ccc3ccccc3c1O2. The number of carbonyl (C=O) groups excluding carboxylic acids is 1. The first-order valence-corrected chi connectivity index (χ1v) is 7.14. The van der Waals surface area contributed by atoms with Gasteiger partial charge in [0.2, 0.25) is 0 Å². The number of methoxy groups -OCH3 is 1. The summed E-state index contributed by atoms with van der Waals surface area (Å²) in [5.74, 6) is 1.87. The maximum absolute atomic E-state index is 11.7. The van der Waals surface area contributed by atoms with Gasteiger partial charge in [-0.2, -0.15) is 0 Å². The highest BCUT2D eigenvalue weighted by Gasteiger charge is 2.28. The highest BCUT2D eigenvalue weighted by atomic mass is 16.5. The van der Waals surface area contributed by atoms with Gasteiger partial charge in [0.15, 0.2) is 0 Å². The quantitative estimate of drug-likeness (QED) is 0.661. The molecule has 3 aromatic carbocycles. The Morgan fingerprint density at radius 3 is 2.73 bits per heavy atom. The van der Waals surface area contributed by atoms with E-state index in [4.69, 9.17) is 9.47 Å². The Kier molecular flexibility index (Phi) is 2.86. The Hall–Kier alpha value is -2.81. The lowest BCUT2D eigenvalue weighted by molar-refractivity contribution is -0.108. The lowest BCUT2D eigenvalue weighted by atomic mass is 9.87. The molecular weight excluding hydrogens is 276 g/mol. The zero-order chi connectivity index (χ0) is 15.1. The zero-order valence-corrected chi connectivity index (χ0v) is 12.1. The van der Waals surface area contributed by atoms with Crippen molar-refractivity contribution in [2.24, 2.45) is 0 Å². The van der Waals surface area contributed by atoms with Crippen LogP contribution >= 0.6 is 0 Å². The number of carbonyl (C=O) groups is 1. The van der Waals surface area contributed by atoms with Gasteiger partial charge in [0.05, 0.1) is 13.0 Å². The third kappa shape index (κ3) is 1.79. The van der Waals surface area contributed by atoms with Crippen LogP contribution in [0.1, 0.15) is 17.0 Å². The lowest BCUT2D eigenvalue weighted by Gasteiger charge is -2.26. The molecule has 3 nitrogen and oxygen atoms in total. The molecule has 0 fully saturated rings. The summed E-state index contributed by atoms with van der Waals surface area (Å²) in [5.41, 5.74) is 1.74. The largest absolute Gasteiger partial charge is 0.497 e. The van der Waals surface area contributed by atoms with Crippen molar-refractivity contribution in [3.8, 4) is 17.2 Å². The molecule has 1 unspecified atom stereocenters. The molecule has 0 amide bonds. The second-order valence-corrected chi connectivity index (χ2v) is 5.32. The van der Waals surface area contributed by atoms with Crippen molar-refractivity contribution in [1.29, 1.82) is 0 Å². The van der Waals surface area contributed by atoms with E-state index in [9.17, 15) is 4.79 Å². The Morgan fingerprint density at radius 1 is 1.05 bits per heavy atom. The Bertz CT molecular complexity index is 883. The molecule has 1 aliphatic heterocycles. The predicted molar refractivity (Wildman–Crippen MR) is 84.9 cm³/mol. The van der Waals surface area contributed by atoms with Gasteiger partial charge in [0.1, 0.15) is 23.5 Å². The monoisotopic (exact) mass is 290 g/mol. The Balaban J connectivity index is 1.98. The fourth-order valence-corrected chi connectivity index (χ4v) is 3.03. The van der Waals surface area contributed by atoms with Crippen LogP contribution in [0.4, 0.5) is 0 Å². The van der Waals surface area contributed by atoms with E-state index in [-0.39, 0.29) is 5.92 Å². The molecule has 108 valence electrons. The highest BCUT2D eigenvalue weighted by Crippen LogP contribution is 2.47. The van der Waals surface area contributed by atoms with E-state index >= 15 is 0 Å². The summed E-state index contributed by atoms with van der Waals surface area (Å²) in [6.45, 7) is 0. The van der Waals surface area contributed by atoms with Crippen LogP contribution in [0.25, 0.3) is 10.8 Å². The molecule has 0 aliphatic carbocycles. The molecule has 1 heterocycles. The van der Waals surface area contributed by atoms with Crippen LogP contribution in [0.15, 0.2) is 54.6 Å². The molecule has 0 N–H and O–H groups in total. The number of hydrogen-bond donors (Lipinski definition) is 0. The van der Waals surface area contributed by atoms with Crippen LogP contribution in [0.3, 0.4) is 0 Å². The van der Waals surface area contributed by atoms with E-state index in [0.29, 0.717) is 5.75 Å². The number of ether oxygens (including phenoxy) is 2. The second-order valence-electron chi connectivity index (χ2n) is 5.32. The maximum Gasteiger partial charge on any atom is 0.139 e. The molecule has 3 aromatic rings. The summed E-state index contributed by atoms with van der Waals surface area (Å²) in [4.78, 5) is 11.7. The fraction of sp³-hybridized carbons (Fsp3) is 0.105. The van der Waals surface area contributed by atoms with Gasteiger partial charge >= 0.3 is 0 Å². The number of rotatable bonds is 2. The van der Waals surface area contributed by atoms with Gasteiger partial charge in [-0.05, 0) is 23.6 Å². The minimum absolute atomic E-state index is 0.335. The third-order valence-electron chi connectivity index (χ3n) is 4.15. The van der Waals surface area contributed by atoms with Crippen LogP contribution in [-0.4, -0.2) is 13.4 Å². The molecule has 22 heavy (non-hydrogen) atoms. The van der Waals surface area contributed by atoms with Gasteiger partial charge in [-0.25, -0.2) is 0 Å². The van der Waals surface area contributed by atoms with E-state index < -0.39 is 0 Å². The summed E-state index contributed by atoms with van der Waals surface area (Å²) in [6, 6.07) is 17.6. The molecule has 4 rings (SSSR count). The van der Waals surface area contributed by atoms with Gasteiger partial charge in [0, 0.05) is 16.5 Å². The van der Waals surface area contributed by atoms with Crippen molar-refractivity contribution in [3.63, 3.8) is 0 Å². The molecule has 1 atom stereocenters. The molecule has 0 spiro atoms. The van der Waals surface area contributed by atoms with E-state index in [1.165, 1.54) is 0 Å². The molecular formula is C19H14O3. The van der Waals surface area contributed by atoms with Crippen LogP contribution < -0.4 is 9.47 Å². The number of hydrogen-bond acceptors (Lipinski definition) is 3. The Labute approximate surface area is 128 Å². The summed E-state index contributed by atoms with van der Waals surface area (Å²) < 4.78 is 11.4. The molecule has 0 saturated heterocycles. The molecule has 0 saturated carbocycles. The first kappa shape index (κ1) is 12.9. The van der Waals surface area contributed by atoms with Crippen LogP contribution in [0, 0.1) is 0 Å². The number of fused-ring (bicyclic) bond motifs is 4. The summed E-state index contributed by atoms with van der Waals surface area (Å²) in [7, 11) is 1.61. The number of benzene rings is 3. The fourth-order valence-electron chi connectivity index (χ4n) is 3.03. The van der Waals surface area contributed by atoms with Crippen molar-refractivity contribution in [1.82, 2.24) is 0 Å². The first-order valence-electron chi connectivity index (χ1n) is 7.14. The van der Waals surface area contributed by atoms with Gasteiger partial charge < -0.3 is 14.3 Å². The third-order valence-corrected chi connectivity index (χ3v) is 4.15. The Morgan fingerprint density at radius 2 is 1.91 bits per heavy atom. The normalized spacial score (nSPS) is 15.6. The maximum atomic E-state index is 11.7. The van der Waals surface area contributed by atoms with Crippen molar-refractivity contribution < 1.29 is 14.3 Å². The van der Waals surface area contributed by atoms with Gasteiger partial charge in [0.25, 0.3) is 0 Å². The van der Waals surface area contributed by atoms with E-state index in [1.54, 1.807) is 7.11 Å². The summed E-state index contributed by atoms with van der Waals surface area (Å²) in [6.07, 6.45) is 0.967. The van der Waals surface area contributed by atoms with Crippen molar-refractivity contribution in [2.45, 2.75) is 5.92 Å². The average Bonchev–Trinajstić information content (AvgIpc) is 2.59. The average molecular weight is 290 g/mol. The smallest absolute Gasteiger partial charge is 0.139 e. The molecule has 0 radical (unpaired) electrons. The van der Waals surface area contributed by atoms with Crippen molar-refractivity contribution in [2.75, 3.05) is 7.11 Å². The first-order chi connectivity index (χ1) is 10.8. The number of aldehydes is 1. The van der Waals surface area contributed by atoms with Crippen molar-refractivity contribution >= 4 is 17.1 Å². The predicted octanol–water partition coefficient (Wildman–Crippen LogP) is 4.28. The molecule has 0 aromatic heterocycles. The summed E-state index contributed by atoms with van der Waals surface area (Å²) in [5, 5.41) is 2.12. The van der Waals surface area contributed by atoms with Crippen molar-refractivity contribution in [3.05, 3.63) is 65.7 Å². The van der Waals surface area contributed by atoms with Gasteiger partial charge in [-0.15, -0.1) is 0 Å². The van der Waals surface area contributed by atoms with E-state index in [0.717, 1.165) is 39.7 Å². The zero-order valence-electron chi connectivity index (χ0n) is 12.1. The molecule has 0 bridgehead atoms. The van der Waals surface area contributed by atoms with Crippen LogP contribution in [0.5, 0.6) is 17.2 Å². The molecule has 1 aliphatic rings. The van der Waals surface area contributed by atoms with Gasteiger partial charge in [-0.1, -0.05) is 36.4 Å². The summed E-state index contributed by atoms with van der Waals surface area (Å²) >= 11 is 0. The van der Waals surface area contributed by atoms with Crippen LogP contribution in [0.2, 0.25) is 0 Å². The van der Waals surface area contributed by atoms with Crippen LogP contribution in [-0.2, 0) is 4.79 Å². The minimum Gasteiger partial charge on any atom is -0.497 e. The lowest BCUT2D eigenvalue weighted by Crippen LogP contribution is -2.11. The standard InChI is InChI=1S/C19H14O3/c1-21-13-7-9-18-16(10-13)17(11-20)15-8-6-12-4-2-3-5-14(12)19(15)22-18/h2-11,17H,1H3. The second kappa shape index (κ2) is 4.88. The van der Waals surface area contributed by atoms with E-state index in [1.807, 2.05) is 54.6 Å². The molecule has 3 heteroatoms.